The molecule has 0 N–H and O–H groups in total. The van der Waals surface area contributed by atoms with Gasteiger partial charge in [-0.05, 0) is 37.5 Å². The SMILES string of the molecule is Cn1cnc2cc(C(=O)N3CCCN(C4CCCC4)CC3)ccc2c1=O. The summed E-state index contributed by atoms with van der Waals surface area (Å²) >= 11 is 0. The monoisotopic (exact) mass is 354 g/mol. The number of benzene rings is 1. The molecule has 1 aliphatic heterocycles. The summed E-state index contributed by atoms with van der Waals surface area (Å²) in [6.07, 6.45) is 7.82. The summed E-state index contributed by atoms with van der Waals surface area (Å²) in [7, 11) is 1.68. The molecule has 26 heavy (non-hydrogen) atoms. The van der Waals surface area contributed by atoms with Crippen molar-refractivity contribution in [2.75, 3.05) is 26.2 Å². The Kier molecular flexibility index (Phi) is 4.76. The van der Waals surface area contributed by atoms with E-state index >= 15 is 0 Å². The van der Waals surface area contributed by atoms with Crippen molar-refractivity contribution in [2.45, 2.75) is 38.1 Å². The smallest absolute Gasteiger partial charge is 0.260 e. The Morgan fingerprint density at radius 2 is 1.88 bits per heavy atom. The zero-order valence-corrected chi connectivity index (χ0v) is 15.4. The minimum atomic E-state index is -0.0871. The fourth-order valence-electron chi connectivity index (χ4n) is 4.30. The van der Waals surface area contributed by atoms with E-state index in [4.69, 9.17) is 0 Å². The summed E-state index contributed by atoms with van der Waals surface area (Å²) in [5.74, 6) is 0.0441. The molecule has 2 fully saturated rings. The zero-order chi connectivity index (χ0) is 18.1. The number of hydrogen-bond acceptors (Lipinski definition) is 4. The van der Waals surface area contributed by atoms with Gasteiger partial charge in [0.15, 0.2) is 0 Å². The summed E-state index contributed by atoms with van der Waals surface area (Å²) in [6, 6.07) is 5.94. The lowest BCUT2D eigenvalue weighted by molar-refractivity contribution is 0.0758. The van der Waals surface area contributed by atoms with Crippen LogP contribution in [0, 0.1) is 0 Å². The highest BCUT2D eigenvalue weighted by Gasteiger charge is 2.26. The molecule has 1 aromatic carbocycles. The summed E-state index contributed by atoms with van der Waals surface area (Å²) in [5.41, 5.74) is 1.12. The van der Waals surface area contributed by atoms with Crippen molar-refractivity contribution in [1.82, 2.24) is 19.4 Å². The first-order valence-corrected chi connectivity index (χ1v) is 9.62. The number of nitrogens with zero attached hydrogens (tertiary/aromatic N) is 4. The molecule has 0 bridgehead atoms. The van der Waals surface area contributed by atoms with Gasteiger partial charge in [-0.25, -0.2) is 4.98 Å². The van der Waals surface area contributed by atoms with Gasteiger partial charge in [0.1, 0.15) is 0 Å². The van der Waals surface area contributed by atoms with Gasteiger partial charge in [-0.3, -0.25) is 14.5 Å². The molecule has 6 nitrogen and oxygen atoms in total. The largest absolute Gasteiger partial charge is 0.337 e. The Hall–Kier alpha value is -2.21. The molecule has 2 heterocycles. The second-order valence-corrected chi connectivity index (χ2v) is 7.51. The van der Waals surface area contributed by atoms with Gasteiger partial charge >= 0.3 is 0 Å². The van der Waals surface area contributed by atoms with Crippen LogP contribution in [-0.2, 0) is 7.05 Å². The molecule has 2 aliphatic rings. The fourth-order valence-corrected chi connectivity index (χ4v) is 4.30. The quantitative estimate of drug-likeness (QED) is 0.828. The van der Waals surface area contributed by atoms with Crippen LogP contribution in [0.4, 0.5) is 0 Å². The van der Waals surface area contributed by atoms with E-state index in [-0.39, 0.29) is 11.5 Å². The number of rotatable bonds is 2. The maximum Gasteiger partial charge on any atom is 0.260 e. The topological polar surface area (TPSA) is 58.4 Å². The number of aromatic nitrogens is 2. The third-order valence-electron chi connectivity index (χ3n) is 5.82. The molecule has 1 aromatic heterocycles. The van der Waals surface area contributed by atoms with E-state index in [1.165, 1.54) is 36.6 Å². The molecule has 1 saturated carbocycles. The van der Waals surface area contributed by atoms with Crippen LogP contribution in [0.15, 0.2) is 29.3 Å². The van der Waals surface area contributed by atoms with Crippen molar-refractivity contribution in [3.63, 3.8) is 0 Å². The van der Waals surface area contributed by atoms with Gasteiger partial charge in [0.05, 0.1) is 17.2 Å². The molecule has 1 amide bonds. The number of amides is 1. The van der Waals surface area contributed by atoms with Crippen LogP contribution in [0.25, 0.3) is 10.9 Å². The fraction of sp³-hybridized carbons (Fsp3) is 0.550. The second kappa shape index (κ2) is 7.19. The lowest BCUT2D eigenvalue weighted by atomic mass is 10.1. The van der Waals surface area contributed by atoms with Crippen molar-refractivity contribution in [2.24, 2.45) is 7.05 Å². The highest BCUT2D eigenvalue weighted by atomic mass is 16.2. The third kappa shape index (κ3) is 3.26. The molecule has 0 atom stereocenters. The molecule has 1 aliphatic carbocycles. The molecule has 2 aromatic rings. The van der Waals surface area contributed by atoms with Gasteiger partial charge in [0.25, 0.3) is 11.5 Å². The maximum absolute atomic E-state index is 13.0. The molecule has 0 radical (unpaired) electrons. The van der Waals surface area contributed by atoms with Crippen LogP contribution in [0.5, 0.6) is 0 Å². The third-order valence-corrected chi connectivity index (χ3v) is 5.82. The van der Waals surface area contributed by atoms with Crippen LogP contribution in [0.3, 0.4) is 0 Å². The Morgan fingerprint density at radius 3 is 2.69 bits per heavy atom. The zero-order valence-electron chi connectivity index (χ0n) is 15.4. The maximum atomic E-state index is 13.0. The normalized spacial score (nSPS) is 19.8. The van der Waals surface area contributed by atoms with E-state index in [1.807, 2.05) is 4.90 Å². The van der Waals surface area contributed by atoms with Crippen LogP contribution < -0.4 is 5.56 Å². The van der Waals surface area contributed by atoms with Gasteiger partial charge < -0.3 is 9.47 Å². The van der Waals surface area contributed by atoms with E-state index in [9.17, 15) is 9.59 Å². The lowest BCUT2D eigenvalue weighted by Gasteiger charge is -2.27. The van der Waals surface area contributed by atoms with Gasteiger partial charge in [0, 0.05) is 44.8 Å². The van der Waals surface area contributed by atoms with Crippen LogP contribution in [-0.4, -0.2) is 57.5 Å². The first kappa shape index (κ1) is 17.2. The summed E-state index contributed by atoms with van der Waals surface area (Å²) < 4.78 is 1.45. The van der Waals surface area contributed by atoms with Crippen LogP contribution >= 0.6 is 0 Å². The molecule has 138 valence electrons. The van der Waals surface area contributed by atoms with E-state index in [1.54, 1.807) is 25.2 Å². The van der Waals surface area contributed by atoms with Gasteiger partial charge in [0.2, 0.25) is 0 Å². The Morgan fingerprint density at radius 1 is 1.08 bits per heavy atom. The number of fused-ring (bicyclic) bond motifs is 1. The van der Waals surface area contributed by atoms with Crippen molar-refractivity contribution in [3.8, 4) is 0 Å². The first-order valence-electron chi connectivity index (χ1n) is 9.62. The van der Waals surface area contributed by atoms with Crippen LogP contribution in [0.1, 0.15) is 42.5 Å². The number of carbonyl (C=O) groups is 1. The predicted octanol–water partition coefficient (Wildman–Crippen LogP) is 2.02. The molecular formula is C20H26N4O2. The number of aryl methyl sites for hydroxylation is 1. The van der Waals surface area contributed by atoms with Crippen molar-refractivity contribution < 1.29 is 4.79 Å². The van der Waals surface area contributed by atoms with Crippen LogP contribution in [0.2, 0.25) is 0 Å². The molecular weight excluding hydrogens is 328 g/mol. The van der Waals surface area contributed by atoms with E-state index in [2.05, 4.69) is 9.88 Å². The number of carbonyl (C=O) groups excluding carboxylic acids is 1. The highest BCUT2D eigenvalue weighted by Crippen LogP contribution is 2.24. The number of hydrogen-bond donors (Lipinski definition) is 0. The molecule has 0 unspecified atom stereocenters. The minimum absolute atomic E-state index is 0.0441. The van der Waals surface area contributed by atoms with Crippen molar-refractivity contribution in [1.29, 1.82) is 0 Å². The average Bonchev–Trinajstić information content (AvgIpc) is 3.09. The minimum Gasteiger partial charge on any atom is -0.337 e. The van der Waals surface area contributed by atoms with Gasteiger partial charge in [-0.15, -0.1) is 0 Å². The Labute approximate surface area is 153 Å². The standard InChI is InChI=1S/C20H26N4O2/c1-22-14-21-18-13-15(7-8-17(18)20(22)26)19(25)24-10-4-9-23(11-12-24)16-5-2-3-6-16/h7-8,13-14,16H,2-6,9-12H2,1H3. The molecule has 0 spiro atoms. The lowest BCUT2D eigenvalue weighted by Crippen LogP contribution is -2.38. The summed E-state index contributed by atoms with van der Waals surface area (Å²) in [4.78, 5) is 33.9. The molecule has 6 heteroatoms. The average molecular weight is 354 g/mol. The van der Waals surface area contributed by atoms with E-state index in [0.29, 0.717) is 22.5 Å². The molecule has 1 saturated heterocycles. The van der Waals surface area contributed by atoms with Crippen molar-refractivity contribution >= 4 is 16.8 Å². The predicted molar refractivity (Wildman–Crippen MR) is 101 cm³/mol. The van der Waals surface area contributed by atoms with Gasteiger partial charge in [-0.1, -0.05) is 12.8 Å². The summed E-state index contributed by atoms with van der Waals surface area (Å²) in [5, 5.41) is 0.551. The highest BCUT2D eigenvalue weighted by molar-refractivity contribution is 5.97. The first-order chi connectivity index (χ1) is 12.6. The van der Waals surface area contributed by atoms with Crippen molar-refractivity contribution in [3.05, 3.63) is 40.4 Å². The van der Waals surface area contributed by atoms with E-state index < -0.39 is 0 Å². The van der Waals surface area contributed by atoms with E-state index in [0.717, 1.165) is 32.6 Å². The molecule has 4 rings (SSSR count). The summed E-state index contributed by atoms with van der Waals surface area (Å²) in [6.45, 7) is 3.62. The second-order valence-electron chi connectivity index (χ2n) is 7.51. The Bertz CT molecular complexity index is 870. The van der Waals surface area contributed by atoms with Gasteiger partial charge in [-0.2, -0.15) is 0 Å². The Balaban J connectivity index is 1.51.